The van der Waals surface area contributed by atoms with Gasteiger partial charge in [-0.25, -0.2) is 0 Å². The molecule has 0 aliphatic carbocycles. The van der Waals surface area contributed by atoms with Crippen LogP contribution in [0.2, 0.25) is 0 Å². The van der Waals surface area contributed by atoms with Gasteiger partial charge in [0.2, 0.25) is 0 Å². The van der Waals surface area contributed by atoms with Crippen LogP contribution in [0.25, 0.3) is 0 Å². The van der Waals surface area contributed by atoms with E-state index >= 15 is 0 Å². The van der Waals surface area contributed by atoms with Gasteiger partial charge in [-0.15, -0.1) is 0 Å². The van der Waals surface area contributed by atoms with E-state index in [1.165, 1.54) is 11.1 Å². The van der Waals surface area contributed by atoms with Gasteiger partial charge in [0.05, 0.1) is 0 Å². The molecule has 2 N–H and O–H groups in total. The van der Waals surface area contributed by atoms with E-state index in [1.54, 1.807) is 0 Å². The second-order valence-electron chi connectivity index (χ2n) is 4.35. The van der Waals surface area contributed by atoms with Crippen molar-refractivity contribution in [3.05, 3.63) is 82.0 Å². The summed E-state index contributed by atoms with van der Waals surface area (Å²) in [5.41, 5.74) is 9.18. The summed E-state index contributed by atoms with van der Waals surface area (Å²) >= 11 is 3.52. The van der Waals surface area contributed by atoms with Gasteiger partial charge in [0.1, 0.15) is 0 Å². The zero-order chi connectivity index (χ0) is 13.0. The Morgan fingerprint density at radius 1 is 1.06 bits per heavy atom. The Labute approximate surface area is 116 Å². The maximum atomic E-state index is 5.86. The predicted molar refractivity (Wildman–Crippen MR) is 80.4 cm³/mol. The lowest BCUT2D eigenvalue weighted by molar-refractivity contribution is 1.00. The van der Waals surface area contributed by atoms with Gasteiger partial charge in [-0.05, 0) is 30.2 Å². The fraction of sp³-hybridized carbons (Fsp3) is 0.125. The summed E-state index contributed by atoms with van der Waals surface area (Å²) in [5, 5.41) is 0. The topological polar surface area (TPSA) is 26.0 Å². The summed E-state index contributed by atoms with van der Waals surface area (Å²) < 4.78 is 1.09. The van der Waals surface area contributed by atoms with Gasteiger partial charge >= 0.3 is 0 Å². The van der Waals surface area contributed by atoms with Crippen LogP contribution in [-0.2, 0) is 0 Å². The molecule has 0 bridgehead atoms. The second kappa shape index (κ2) is 5.87. The van der Waals surface area contributed by atoms with Crippen molar-refractivity contribution in [3.63, 3.8) is 0 Å². The van der Waals surface area contributed by atoms with Crippen LogP contribution < -0.4 is 5.73 Å². The molecule has 1 atom stereocenters. The molecule has 0 spiro atoms. The average molecular weight is 302 g/mol. The molecule has 0 aliphatic rings. The summed E-state index contributed by atoms with van der Waals surface area (Å²) in [5.74, 6) is 0.202. The molecule has 2 rings (SSSR count). The fourth-order valence-electron chi connectivity index (χ4n) is 2.01. The van der Waals surface area contributed by atoms with E-state index in [-0.39, 0.29) is 5.92 Å². The van der Waals surface area contributed by atoms with Crippen LogP contribution in [0, 0.1) is 0 Å². The molecule has 0 amide bonds. The van der Waals surface area contributed by atoms with Gasteiger partial charge in [0, 0.05) is 16.1 Å². The minimum Gasteiger partial charge on any atom is -0.402 e. The predicted octanol–water partition coefficient (Wildman–Crippen LogP) is 4.44. The van der Waals surface area contributed by atoms with Crippen LogP contribution in [-0.4, -0.2) is 0 Å². The Hall–Kier alpha value is -1.54. The Balaban J connectivity index is 2.47. The summed E-state index contributed by atoms with van der Waals surface area (Å²) in [6.45, 7) is 1.92. The zero-order valence-corrected chi connectivity index (χ0v) is 11.9. The molecule has 0 saturated carbocycles. The summed E-state index contributed by atoms with van der Waals surface area (Å²) in [6.07, 6.45) is 2.09. The quantitative estimate of drug-likeness (QED) is 0.891. The Morgan fingerprint density at radius 2 is 1.72 bits per heavy atom. The minimum absolute atomic E-state index is 0.202. The molecular weight excluding hydrogens is 286 g/mol. The largest absolute Gasteiger partial charge is 0.402 e. The first-order chi connectivity index (χ1) is 8.66. The normalized spacial score (nSPS) is 13.3. The van der Waals surface area contributed by atoms with E-state index in [9.17, 15) is 0 Å². The van der Waals surface area contributed by atoms with E-state index in [4.69, 9.17) is 5.73 Å². The van der Waals surface area contributed by atoms with Gasteiger partial charge in [-0.2, -0.15) is 0 Å². The number of hydrogen-bond acceptors (Lipinski definition) is 1. The molecule has 0 heterocycles. The molecule has 18 heavy (non-hydrogen) atoms. The molecule has 92 valence electrons. The third-order valence-electron chi connectivity index (χ3n) is 2.80. The van der Waals surface area contributed by atoms with Crippen molar-refractivity contribution in [2.75, 3.05) is 0 Å². The first kappa shape index (κ1) is 12.9. The number of halogens is 1. The third kappa shape index (κ3) is 3.23. The smallest absolute Gasteiger partial charge is 0.0289 e. The lowest BCUT2D eigenvalue weighted by Crippen LogP contribution is -2.01. The highest BCUT2D eigenvalue weighted by Crippen LogP contribution is 2.28. The van der Waals surface area contributed by atoms with Crippen LogP contribution >= 0.6 is 15.9 Å². The minimum atomic E-state index is 0.202. The van der Waals surface area contributed by atoms with Gasteiger partial charge < -0.3 is 5.73 Å². The van der Waals surface area contributed by atoms with E-state index in [2.05, 4.69) is 64.5 Å². The Morgan fingerprint density at radius 3 is 2.33 bits per heavy atom. The molecule has 2 aromatic rings. The van der Waals surface area contributed by atoms with Crippen molar-refractivity contribution >= 4 is 15.9 Å². The Bertz CT molecular complexity index is 542. The van der Waals surface area contributed by atoms with Crippen molar-refractivity contribution in [2.24, 2.45) is 5.73 Å². The lowest BCUT2D eigenvalue weighted by atomic mass is 9.90. The highest BCUT2D eigenvalue weighted by Gasteiger charge is 2.11. The third-order valence-corrected chi connectivity index (χ3v) is 3.29. The van der Waals surface area contributed by atoms with E-state index in [1.807, 2.05) is 19.1 Å². The molecule has 1 unspecified atom stereocenters. The molecular formula is C16H16BrN. The zero-order valence-electron chi connectivity index (χ0n) is 10.3. The van der Waals surface area contributed by atoms with E-state index in [0.29, 0.717) is 0 Å². The highest BCUT2D eigenvalue weighted by atomic mass is 79.9. The van der Waals surface area contributed by atoms with Crippen LogP contribution in [0.4, 0.5) is 0 Å². The fourth-order valence-corrected chi connectivity index (χ4v) is 2.43. The number of rotatable bonds is 3. The molecule has 1 nitrogen and oxygen atoms in total. The molecule has 0 radical (unpaired) electrons. The number of benzene rings is 2. The molecule has 0 fully saturated rings. The number of allylic oxidation sites excluding steroid dienone is 2. The van der Waals surface area contributed by atoms with Crippen molar-refractivity contribution in [1.82, 2.24) is 0 Å². The average Bonchev–Trinajstić information content (AvgIpc) is 2.37. The van der Waals surface area contributed by atoms with Crippen LogP contribution in [0.1, 0.15) is 24.0 Å². The van der Waals surface area contributed by atoms with Crippen LogP contribution in [0.15, 0.2) is 70.8 Å². The van der Waals surface area contributed by atoms with Gasteiger partial charge in [-0.3, -0.25) is 0 Å². The van der Waals surface area contributed by atoms with E-state index in [0.717, 1.165) is 10.2 Å². The molecule has 0 aliphatic heterocycles. The maximum Gasteiger partial charge on any atom is 0.0289 e. The Kier molecular flexibility index (Phi) is 4.21. The van der Waals surface area contributed by atoms with E-state index < -0.39 is 0 Å². The van der Waals surface area contributed by atoms with Crippen molar-refractivity contribution in [1.29, 1.82) is 0 Å². The summed E-state index contributed by atoms with van der Waals surface area (Å²) in [7, 11) is 0. The first-order valence-electron chi connectivity index (χ1n) is 5.91. The van der Waals surface area contributed by atoms with Gasteiger partial charge in [0.25, 0.3) is 0 Å². The molecule has 2 heteroatoms. The molecule has 2 aromatic carbocycles. The molecule has 0 aromatic heterocycles. The monoisotopic (exact) mass is 301 g/mol. The second-order valence-corrected chi connectivity index (χ2v) is 5.27. The van der Waals surface area contributed by atoms with Crippen molar-refractivity contribution in [3.8, 4) is 0 Å². The van der Waals surface area contributed by atoms with Gasteiger partial charge in [-0.1, -0.05) is 64.5 Å². The summed E-state index contributed by atoms with van der Waals surface area (Å²) in [6, 6.07) is 18.7. The lowest BCUT2D eigenvalue weighted by Gasteiger charge is -2.15. The van der Waals surface area contributed by atoms with Crippen LogP contribution in [0.3, 0.4) is 0 Å². The maximum absolute atomic E-state index is 5.86. The number of nitrogens with two attached hydrogens (primary N) is 1. The summed E-state index contributed by atoms with van der Waals surface area (Å²) in [4.78, 5) is 0. The van der Waals surface area contributed by atoms with Crippen LogP contribution in [0.5, 0.6) is 0 Å². The van der Waals surface area contributed by atoms with Crippen molar-refractivity contribution in [2.45, 2.75) is 12.8 Å². The number of hydrogen-bond donors (Lipinski definition) is 1. The standard InChI is InChI=1S/C16H16BrN/c1-12(18)10-16(13-6-3-2-4-7-13)14-8-5-9-15(17)11-14/h2-11,16H,18H2,1H3/b12-10-. The van der Waals surface area contributed by atoms with Crippen molar-refractivity contribution < 1.29 is 0 Å². The highest BCUT2D eigenvalue weighted by molar-refractivity contribution is 9.10. The molecule has 0 saturated heterocycles. The van der Waals surface area contributed by atoms with Gasteiger partial charge in [0.15, 0.2) is 0 Å². The first-order valence-corrected chi connectivity index (χ1v) is 6.70. The SMILES string of the molecule is C/C(N)=C/C(c1ccccc1)c1cccc(Br)c1.